The molecule has 41 heavy (non-hydrogen) atoms. The van der Waals surface area contributed by atoms with Gasteiger partial charge in [-0.25, -0.2) is 23.0 Å². The predicted molar refractivity (Wildman–Crippen MR) is 151 cm³/mol. The number of fused-ring (bicyclic) bond motifs is 1. The van der Waals surface area contributed by atoms with Crippen LogP contribution in [-0.2, 0) is 16.5 Å². The van der Waals surface area contributed by atoms with Crippen molar-refractivity contribution in [1.82, 2.24) is 29.8 Å². The lowest BCUT2D eigenvalue weighted by molar-refractivity contribution is -0.214. The summed E-state index contributed by atoms with van der Waals surface area (Å²) < 4.78 is 76.8. The number of pyridine rings is 2. The van der Waals surface area contributed by atoms with E-state index in [0.29, 0.717) is 24.2 Å². The molecule has 1 saturated heterocycles. The normalized spacial score (nSPS) is 17.3. The highest BCUT2D eigenvalue weighted by atomic mass is 32.2. The molecule has 1 aliphatic heterocycles. The molecule has 4 heterocycles. The Hall–Kier alpha value is -3.42. The molecule has 5 rings (SSSR count). The molecular weight excluding hydrogens is 558 g/mol. The monoisotopic (exact) mass is 589 g/mol. The molecule has 0 radical (unpaired) electrons. The first kappa shape index (κ1) is 29.1. The lowest BCUT2D eigenvalue weighted by atomic mass is 9.75. The molecule has 218 valence electrons. The van der Waals surface area contributed by atoms with E-state index in [2.05, 4.69) is 30.4 Å². The van der Waals surface area contributed by atoms with Crippen LogP contribution in [0.3, 0.4) is 0 Å². The summed E-state index contributed by atoms with van der Waals surface area (Å²) in [4.78, 5) is 8.77. The highest BCUT2D eigenvalue weighted by Crippen LogP contribution is 2.48. The average Bonchev–Trinajstić information content (AvgIpc) is 3.47. The van der Waals surface area contributed by atoms with E-state index < -0.39 is 39.2 Å². The molecule has 4 aromatic rings. The van der Waals surface area contributed by atoms with Crippen molar-refractivity contribution >= 4 is 33.4 Å². The van der Waals surface area contributed by atoms with E-state index in [1.807, 2.05) is 0 Å². The summed E-state index contributed by atoms with van der Waals surface area (Å²) in [5, 5.41) is 10.6. The minimum Gasteiger partial charge on any atom is -0.338 e. The predicted octanol–water partition coefficient (Wildman–Crippen LogP) is 5.51. The van der Waals surface area contributed by atoms with Gasteiger partial charge in [-0.15, -0.1) is 0 Å². The molecule has 0 amide bonds. The van der Waals surface area contributed by atoms with Gasteiger partial charge in [0.2, 0.25) is 0 Å². The number of anilines is 2. The first-order valence-electron chi connectivity index (χ1n) is 13.2. The molecular formula is C28H31F4N7OS. The highest BCUT2D eigenvalue weighted by Gasteiger charge is 2.62. The van der Waals surface area contributed by atoms with Crippen LogP contribution in [0.1, 0.15) is 39.3 Å². The maximum absolute atomic E-state index is 15.2. The first-order valence-corrected chi connectivity index (χ1v) is 14.3. The van der Waals surface area contributed by atoms with E-state index in [1.165, 1.54) is 41.2 Å². The number of halogens is 4. The third kappa shape index (κ3) is 5.84. The van der Waals surface area contributed by atoms with Crippen molar-refractivity contribution in [2.75, 3.05) is 18.4 Å². The number of nitrogens with one attached hydrogen (secondary N) is 3. The Balaban J connectivity index is 1.55. The fourth-order valence-electron chi connectivity index (χ4n) is 4.95. The van der Waals surface area contributed by atoms with Crippen molar-refractivity contribution < 1.29 is 21.8 Å². The van der Waals surface area contributed by atoms with Gasteiger partial charge in [0, 0.05) is 36.1 Å². The van der Waals surface area contributed by atoms with Crippen molar-refractivity contribution in [2.45, 2.75) is 50.1 Å². The largest absolute Gasteiger partial charge is 0.413 e. The fraction of sp³-hybridized carbons (Fsp3) is 0.393. The van der Waals surface area contributed by atoms with Crippen molar-refractivity contribution in [1.29, 1.82) is 0 Å². The zero-order valence-corrected chi connectivity index (χ0v) is 23.6. The molecule has 1 aliphatic rings. The van der Waals surface area contributed by atoms with Gasteiger partial charge in [-0.1, -0.05) is 0 Å². The maximum atomic E-state index is 15.2. The first-order chi connectivity index (χ1) is 19.4. The topological polar surface area (TPSA) is 96.8 Å². The summed E-state index contributed by atoms with van der Waals surface area (Å²) in [5.41, 5.74) is -2.02. The number of alkyl halides is 3. The third-order valence-electron chi connectivity index (χ3n) is 7.17. The van der Waals surface area contributed by atoms with Gasteiger partial charge in [0.05, 0.1) is 38.3 Å². The van der Waals surface area contributed by atoms with Crippen molar-refractivity contribution in [3.05, 3.63) is 72.6 Å². The van der Waals surface area contributed by atoms with Gasteiger partial charge in [-0.2, -0.15) is 18.3 Å². The van der Waals surface area contributed by atoms with Crippen LogP contribution in [-0.4, -0.2) is 48.0 Å². The molecule has 1 fully saturated rings. The number of hydrogen-bond donors (Lipinski definition) is 3. The molecule has 2 atom stereocenters. The summed E-state index contributed by atoms with van der Waals surface area (Å²) in [6.07, 6.45) is 0.385. The average molecular weight is 590 g/mol. The second kappa shape index (κ2) is 11.1. The summed E-state index contributed by atoms with van der Waals surface area (Å²) in [7, 11) is -2.04. The molecule has 8 nitrogen and oxygen atoms in total. The van der Waals surface area contributed by atoms with Crippen LogP contribution in [0.4, 0.5) is 29.1 Å². The number of benzene rings is 1. The van der Waals surface area contributed by atoms with E-state index in [0.717, 1.165) is 0 Å². The van der Waals surface area contributed by atoms with E-state index >= 15 is 13.2 Å². The summed E-state index contributed by atoms with van der Waals surface area (Å²) in [6.45, 7) is 5.68. The minimum atomic E-state index is -4.80. The Morgan fingerprint density at radius 1 is 1.07 bits per heavy atom. The van der Waals surface area contributed by atoms with Gasteiger partial charge in [0.25, 0.3) is 0 Å². The number of nitrogens with zero attached hydrogens (tertiary/aromatic N) is 4. The molecule has 13 heteroatoms. The maximum Gasteiger partial charge on any atom is 0.413 e. The Bertz CT molecular complexity index is 1550. The Labute approximate surface area is 237 Å². The van der Waals surface area contributed by atoms with Gasteiger partial charge >= 0.3 is 6.18 Å². The summed E-state index contributed by atoms with van der Waals surface area (Å²) in [6, 6.07) is 10.6. The molecule has 3 N–H and O–H groups in total. The van der Waals surface area contributed by atoms with Crippen molar-refractivity contribution in [3.63, 3.8) is 0 Å². The SMILES string of the molecule is CC(C)(C)S(=O)NC(c1ccc2cnc(Nc3ccc(-n4cccn4)cc3F)cc2n1)(C1CCNCC1)C(F)(F)F. The van der Waals surface area contributed by atoms with Crippen LogP contribution in [0.2, 0.25) is 0 Å². The lowest BCUT2D eigenvalue weighted by Gasteiger charge is -2.44. The Kier molecular flexibility index (Phi) is 7.88. The molecule has 0 bridgehead atoms. The highest BCUT2D eigenvalue weighted by molar-refractivity contribution is 7.84. The second-order valence-corrected chi connectivity index (χ2v) is 13.0. The minimum absolute atomic E-state index is 0.130. The molecule has 0 aliphatic carbocycles. The summed E-state index contributed by atoms with van der Waals surface area (Å²) >= 11 is 0. The van der Waals surface area contributed by atoms with Gasteiger partial charge in [0.1, 0.15) is 11.6 Å². The van der Waals surface area contributed by atoms with Crippen LogP contribution < -0.4 is 15.4 Å². The lowest BCUT2D eigenvalue weighted by Crippen LogP contribution is -2.62. The standard InChI is InChI=1S/C28H31F4N7OS/c1-26(2,3)41(40)38-27(28(30,31)32,19-9-12-33-13-10-19)24-8-5-18-17-34-25(16-23(18)36-24)37-22-7-6-20(15-21(22)29)39-14-4-11-35-39/h4-8,11,14-17,19,33,38H,9-10,12-13H2,1-3H3,(H,34,37). The zero-order chi connectivity index (χ0) is 29.4. The Morgan fingerprint density at radius 2 is 1.83 bits per heavy atom. The number of hydrogen-bond acceptors (Lipinski definition) is 6. The van der Waals surface area contributed by atoms with Crippen LogP contribution >= 0.6 is 0 Å². The van der Waals surface area contributed by atoms with Gasteiger partial charge < -0.3 is 10.6 Å². The van der Waals surface area contributed by atoms with E-state index in [1.54, 1.807) is 45.3 Å². The smallest absolute Gasteiger partial charge is 0.338 e. The van der Waals surface area contributed by atoms with E-state index in [4.69, 9.17) is 0 Å². The van der Waals surface area contributed by atoms with Crippen molar-refractivity contribution in [2.24, 2.45) is 5.92 Å². The molecule has 2 unspecified atom stereocenters. The third-order valence-corrected chi connectivity index (χ3v) is 8.79. The number of piperidine rings is 1. The fourth-order valence-corrected chi connectivity index (χ4v) is 5.93. The van der Waals surface area contributed by atoms with Crippen molar-refractivity contribution in [3.8, 4) is 5.69 Å². The van der Waals surface area contributed by atoms with Gasteiger partial charge in [-0.3, -0.25) is 4.98 Å². The van der Waals surface area contributed by atoms with Gasteiger partial charge in [0.15, 0.2) is 5.54 Å². The Morgan fingerprint density at radius 3 is 2.46 bits per heavy atom. The molecule has 0 saturated carbocycles. The van der Waals surface area contributed by atoms with Gasteiger partial charge in [-0.05, 0) is 83.0 Å². The van der Waals surface area contributed by atoms with Crippen LogP contribution in [0, 0.1) is 11.7 Å². The molecule has 1 aromatic carbocycles. The molecule has 0 spiro atoms. The second-order valence-electron chi connectivity index (χ2n) is 11.0. The summed E-state index contributed by atoms with van der Waals surface area (Å²) in [5.74, 6) is -1.25. The zero-order valence-electron chi connectivity index (χ0n) is 22.8. The van der Waals surface area contributed by atoms with Crippen LogP contribution in [0.25, 0.3) is 16.6 Å². The quantitative estimate of drug-likeness (QED) is 0.246. The van der Waals surface area contributed by atoms with Crippen LogP contribution in [0.15, 0.2) is 61.1 Å². The molecule has 3 aromatic heterocycles. The van der Waals surface area contributed by atoms with E-state index in [9.17, 15) is 8.60 Å². The number of rotatable bonds is 7. The van der Waals surface area contributed by atoms with Crippen LogP contribution in [0.5, 0.6) is 0 Å². The number of aromatic nitrogens is 4. The van der Waals surface area contributed by atoms with E-state index in [-0.39, 0.29) is 35.6 Å².